The lowest BCUT2D eigenvalue weighted by Gasteiger charge is -2.26. The van der Waals surface area contributed by atoms with Crippen molar-refractivity contribution >= 4 is 11.6 Å². The van der Waals surface area contributed by atoms with Gasteiger partial charge < -0.3 is 9.96 Å². The van der Waals surface area contributed by atoms with Crippen molar-refractivity contribution < 1.29 is 9.96 Å². The molecule has 1 N–H and O–H groups in total. The quantitative estimate of drug-likeness (QED) is 0.442. The van der Waals surface area contributed by atoms with Crippen LogP contribution in [0.2, 0.25) is 0 Å². The fourth-order valence-corrected chi connectivity index (χ4v) is 0.844. The molecular formula is C6H16ClNO. The molecule has 2 nitrogen and oxygen atoms in total. The van der Waals surface area contributed by atoms with Gasteiger partial charge in [0.15, 0.2) is 0 Å². The highest BCUT2D eigenvalue weighted by Crippen LogP contribution is 1.94. The van der Waals surface area contributed by atoms with Crippen LogP contribution in [0.15, 0.2) is 0 Å². The summed E-state index contributed by atoms with van der Waals surface area (Å²) in [6.07, 6.45) is 0. The average molecular weight is 154 g/mol. The average Bonchev–Trinajstić information content (AvgIpc) is 1.67. The summed E-state index contributed by atoms with van der Waals surface area (Å²) in [5.74, 6) is 0.765. The monoisotopic (exact) mass is 153 g/mol. The van der Waals surface area contributed by atoms with Crippen molar-refractivity contribution in [2.75, 3.05) is 33.1 Å². The van der Waals surface area contributed by atoms with Gasteiger partial charge in [0, 0.05) is 0 Å². The summed E-state index contributed by atoms with van der Waals surface area (Å²) in [5, 5.41) is 0. The molecule has 0 aliphatic heterocycles. The van der Waals surface area contributed by atoms with Crippen LogP contribution in [0.1, 0.15) is 6.92 Å². The Labute approximate surface area is 62.3 Å². The minimum Gasteiger partial charge on any atom is -0.870 e. The molecule has 3 heteroatoms. The molecule has 0 atom stereocenters. The summed E-state index contributed by atoms with van der Waals surface area (Å²) < 4.78 is 1.03. The molecule has 0 saturated carbocycles. The summed E-state index contributed by atoms with van der Waals surface area (Å²) in [6.45, 7) is 4.40. The summed E-state index contributed by atoms with van der Waals surface area (Å²) in [7, 11) is 4.37. The van der Waals surface area contributed by atoms with Crippen molar-refractivity contribution in [2.24, 2.45) is 0 Å². The minimum atomic E-state index is 0. The molecule has 0 aromatic rings. The smallest absolute Gasteiger partial charge is 0.0920 e. The summed E-state index contributed by atoms with van der Waals surface area (Å²) in [4.78, 5) is 0. The standard InChI is InChI=1S/C6H15ClN.H2O/c1-4-8(2,3)6-5-7;/h4-6H2,1-3H3;1H2/q+1;/p-1. The molecule has 0 saturated heterocycles. The third kappa shape index (κ3) is 6.09. The van der Waals surface area contributed by atoms with Crippen LogP contribution in [-0.2, 0) is 0 Å². The van der Waals surface area contributed by atoms with Gasteiger partial charge in [-0.3, -0.25) is 0 Å². The number of rotatable bonds is 3. The number of hydrogen-bond donors (Lipinski definition) is 0. The first-order valence-electron chi connectivity index (χ1n) is 3.00. The molecule has 0 aliphatic carbocycles. The van der Waals surface area contributed by atoms with E-state index in [1.807, 2.05) is 0 Å². The van der Waals surface area contributed by atoms with E-state index < -0.39 is 0 Å². The van der Waals surface area contributed by atoms with Crippen LogP contribution in [0.25, 0.3) is 0 Å². The van der Waals surface area contributed by atoms with E-state index in [0.29, 0.717) is 0 Å². The molecule has 0 rings (SSSR count). The fourth-order valence-electron chi connectivity index (χ4n) is 0.387. The van der Waals surface area contributed by atoms with Gasteiger partial charge in [0.1, 0.15) is 0 Å². The highest BCUT2D eigenvalue weighted by Gasteiger charge is 2.08. The summed E-state index contributed by atoms with van der Waals surface area (Å²) in [6, 6.07) is 0. The maximum Gasteiger partial charge on any atom is 0.0920 e. The zero-order valence-electron chi connectivity index (χ0n) is 6.39. The Morgan fingerprint density at radius 3 is 1.89 bits per heavy atom. The molecular weight excluding hydrogens is 138 g/mol. The van der Waals surface area contributed by atoms with Gasteiger partial charge in [-0.2, -0.15) is 0 Å². The zero-order valence-corrected chi connectivity index (χ0v) is 7.15. The lowest BCUT2D eigenvalue weighted by Crippen LogP contribution is -2.40. The van der Waals surface area contributed by atoms with Crippen LogP contribution < -0.4 is 0 Å². The highest BCUT2D eigenvalue weighted by atomic mass is 35.5. The van der Waals surface area contributed by atoms with Crippen molar-refractivity contribution in [3.05, 3.63) is 0 Å². The Kier molecular flexibility index (Phi) is 6.68. The largest absolute Gasteiger partial charge is 0.870 e. The lowest BCUT2D eigenvalue weighted by molar-refractivity contribution is -0.886. The van der Waals surface area contributed by atoms with Gasteiger partial charge in [0.05, 0.1) is 33.1 Å². The molecule has 0 aromatic carbocycles. The van der Waals surface area contributed by atoms with Gasteiger partial charge in [-0.05, 0) is 6.92 Å². The van der Waals surface area contributed by atoms with E-state index in [4.69, 9.17) is 11.6 Å². The van der Waals surface area contributed by atoms with Gasteiger partial charge in [0.2, 0.25) is 0 Å². The van der Waals surface area contributed by atoms with Crippen molar-refractivity contribution in [2.45, 2.75) is 6.92 Å². The Balaban J connectivity index is 0. The summed E-state index contributed by atoms with van der Waals surface area (Å²) >= 11 is 5.55. The first kappa shape index (κ1) is 11.9. The number of halogens is 1. The molecule has 0 fully saturated rings. The molecule has 0 amide bonds. The normalized spacial score (nSPS) is 10.7. The molecule has 0 bridgehead atoms. The van der Waals surface area contributed by atoms with Gasteiger partial charge in [-0.1, -0.05) is 0 Å². The van der Waals surface area contributed by atoms with Crippen molar-refractivity contribution in [3.63, 3.8) is 0 Å². The van der Waals surface area contributed by atoms with Crippen LogP contribution in [0.3, 0.4) is 0 Å². The fraction of sp³-hybridized carbons (Fsp3) is 1.00. The molecule has 0 aliphatic rings. The van der Waals surface area contributed by atoms with E-state index in [-0.39, 0.29) is 5.48 Å². The maximum atomic E-state index is 5.55. The second-order valence-electron chi connectivity index (χ2n) is 2.66. The minimum absolute atomic E-state index is 0. The van der Waals surface area contributed by atoms with Gasteiger partial charge in [-0.25, -0.2) is 0 Å². The van der Waals surface area contributed by atoms with Crippen LogP contribution in [-0.4, -0.2) is 43.0 Å². The third-order valence-corrected chi connectivity index (χ3v) is 1.71. The highest BCUT2D eigenvalue weighted by molar-refractivity contribution is 6.17. The number of quaternary nitrogens is 1. The topological polar surface area (TPSA) is 30.0 Å². The lowest BCUT2D eigenvalue weighted by atomic mass is 10.5. The molecule has 0 unspecified atom stereocenters. The van der Waals surface area contributed by atoms with Crippen LogP contribution in [0, 0.1) is 0 Å². The Bertz CT molecular complexity index is 66.1. The maximum absolute atomic E-state index is 5.55. The van der Waals surface area contributed by atoms with Gasteiger partial charge in [0.25, 0.3) is 0 Å². The number of nitrogens with zero attached hydrogens (tertiary/aromatic N) is 1. The first-order valence-corrected chi connectivity index (χ1v) is 3.54. The second-order valence-corrected chi connectivity index (χ2v) is 3.04. The molecule has 0 heterocycles. The predicted molar refractivity (Wildman–Crippen MR) is 40.2 cm³/mol. The third-order valence-electron chi connectivity index (χ3n) is 1.55. The second kappa shape index (κ2) is 5.03. The Morgan fingerprint density at radius 2 is 1.78 bits per heavy atom. The van der Waals surface area contributed by atoms with Crippen molar-refractivity contribution in [1.82, 2.24) is 0 Å². The first-order chi connectivity index (χ1) is 3.62. The molecule has 0 radical (unpaired) electrons. The predicted octanol–water partition coefficient (Wildman–Crippen LogP) is 1.14. The van der Waals surface area contributed by atoms with Crippen LogP contribution >= 0.6 is 11.6 Å². The van der Waals surface area contributed by atoms with Crippen molar-refractivity contribution in [3.8, 4) is 0 Å². The number of hydrogen-bond acceptors (Lipinski definition) is 1. The molecule has 0 spiro atoms. The zero-order chi connectivity index (χ0) is 6.62. The number of alkyl halides is 1. The van der Waals surface area contributed by atoms with E-state index in [1.54, 1.807) is 0 Å². The Morgan fingerprint density at radius 1 is 1.33 bits per heavy atom. The van der Waals surface area contributed by atoms with E-state index in [1.165, 1.54) is 0 Å². The molecule has 58 valence electrons. The molecule has 9 heavy (non-hydrogen) atoms. The SMILES string of the molecule is CC[N+](C)(C)CCCl.[OH-]. The van der Waals surface area contributed by atoms with Gasteiger partial charge >= 0.3 is 0 Å². The summed E-state index contributed by atoms with van der Waals surface area (Å²) in [5.41, 5.74) is 0. The van der Waals surface area contributed by atoms with E-state index in [2.05, 4.69) is 21.0 Å². The van der Waals surface area contributed by atoms with Crippen LogP contribution in [0.5, 0.6) is 0 Å². The van der Waals surface area contributed by atoms with Crippen molar-refractivity contribution in [1.29, 1.82) is 0 Å². The van der Waals surface area contributed by atoms with Gasteiger partial charge in [-0.15, -0.1) is 11.6 Å². The van der Waals surface area contributed by atoms with E-state index in [9.17, 15) is 0 Å². The van der Waals surface area contributed by atoms with E-state index in [0.717, 1.165) is 23.5 Å². The molecule has 0 aromatic heterocycles. The van der Waals surface area contributed by atoms with Crippen LogP contribution in [0.4, 0.5) is 0 Å². The Hall–Kier alpha value is 0.210. The van der Waals surface area contributed by atoms with E-state index >= 15 is 0 Å².